The molecule has 5 nitrogen and oxygen atoms in total. The van der Waals surface area contributed by atoms with Crippen LogP contribution in [-0.4, -0.2) is 28.7 Å². The fraction of sp³-hybridized carbons (Fsp3) is 0.167. The van der Waals surface area contributed by atoms with Crippen molar-refractivity contribution in [3.8, 4) is 0 Å². The lowest BCUT2D eigenvalue weighted by Gasteiger charge is -2.15. The van der Waals surface area contributed by atoms with Crippen LogP contribution < -0.4 is 10.2 Å². The predicted molar refractivity (Wildman–Crippen MR) is 113 cm³/mol. The number of rotatable bonds is 5. The van der Waals surface area contributed by atoms with E-state index in [9.17, 15) is 14.4 Å². The maximum Gasteiger partial charge on any atom is 0.247 e. The van der Waals surface area contributed by atoms with Crippen molar-refractivity contribution in [3.63, 3.8) is 0 Å². The highest BCUT2D eigenvalue weighted by molar-refractivity contribution is 9.10. The molecule has 1 aliphatic heterocycles. The molecular formula is C18H13BrCl2N2O3S. The van der Waals surface area contributed by atoms with Crippen molar-refractivity contribution >= 4 is 80.0 Å². The third-order valence-corrected chi connectivity index (χ3v) is 5.92. The second-order valence-corrected chi connectivity index (χ2v) is 8.73. The van der Waals surface area contributed by atoms with Gasteiger partial charge >= 0.3 is 0 Å². The molecule has 1 heterocycles. The van der Waals surface area contributed by atoms with Gasteiger partial charge in [0.25, 0.3) is 0 Å². The number of carbonyl (C=O) groups excluding carboxylic acids is 3. The van der Waals surface area contributed by atoms with Crippen molar-refractivity contribution in [2.45, 2.75) is 11.7 Å². The van der Waals surface area contributed by atoms with E-state index in [4.69, 9.17) is 23.2 Å². The number of amides is 3. The minimum absolute atomic E-state index is 0.0270. The number of anilines is 2. The summed E-state index contributed by atoms with van der Waals surface area (Å²) < 4.78 is 0.908. The summed E-state index contributed by atoms with van der Waals surface area (Å²) in [6.45, 7) is 0. The summed E-state index contributed by atoms with van der Waals surface area (Å²) in [6.07, 6.45) is 0.0270. The zero-order valence-corrected chi connectivity index (χ0v) is 17.7. The third-order valence-electron chi connectivity index (χ3n) is 3.75. The van der Waals surface area contributed by atoms with Crippen LogP contribution in [0.4, 0.5) is 11.4 Å². The van der Waals surface area contributed by atoms with Gasteiger partial charge in [-0.1, -0.05) is 39.1 Å². The number of nitrogens with zero attached hydrogens (tertiary/aromatic N) is 1. The van der Waals surface area contributed by atoms with Gasteiger partial charge < -0.3 is 5.32 Å². The molecule has 2 aromatic rings. The highest BCUT2D eigenvalue weighted by Crippen LogP contribution is 2.33. The van der Waals surface area contributed by atoms with Crippen LogP contribution in [0.5, 0.6) is 0 Å². The molecule has 0 unspecified atom stereocenters. The standard InChI is InChI=1S/C18H13BrCl2N2O3S/c19-10-1-3-13(4-2-10)22-16(24)9-27-15-8-17(25)23(18(15)26)14-6-11(20)5-12(21)7-14/h1-7,15H,8-9H2,(H,22,24)/t15-/m0/s1. The molecule has 0 aromatic heterocycles. The van der Waals surface area contributed by atoms with E-state index in [1.54, 1.807) is 12.1 Å². The molecule has 3 rings (SSSR count). The molecule has 0 aliphatic carbocycles. The number of thioether (sulfide) groups is 1. The van der Waals surface area contributed by atoms with E-state index in [0.717, 1.165) is 21.1 Å². The van der Waals surface area contributed by atoms with E-state index in [1.165, 1.54) is 18.2 Å². The third kappa shape index (κ3) is 5.04. The minimum atomic E-state index is -0.620. The van der Waals surface area contributed by atoms with Crippen LogP contribution in [0.15, 0.2) is 46.9 Å². The zero-order valence-electron chi connectivity index (χ0n) is 13.7. The van der Waals surface area contributed by atoms with Crippen LogP contribution in [0, 0.1) is 0 Å². The van der Waals surface area contributed by atoms with Gasteiger partial charge in [0, 0.05) is 26.6 Å². The number of hydrogen-bond acceptors (Lipinski definition) is 4. The summed E-state index contributed by atoms with van der Waals surface area (Å²) in [6, 6.07) is 11.7. The monoisotopic (exact) mass is 486 g/mol. The van der Waals surface area contributed by atoms with Crippen LogP contribution in [0.1, 0.15) is 6.42 Å². The maximum atomic E-state index is 12.6. The number of carbonyl (C=O) groups is 3. The molecule has 140 valence electrons. The smallest absolute Gasteiger partial charge is 0.247 e. The van der Waals surface area contributed by atoms with Crippen LogP contribution in [0.3, 0.4) is 0 Å². The molecule has 0 spiro atoms. The molecule has 0 bridgehead atoms. The van der Waals surface area contributed by atoms with E-state index < -0.39 is 5.25 Å². The Hall–Kier alpha value is -1.54. The van der Waals surface area contributed by atoms with Crippen LogP contribution in [-0.2, 0) is 14.4 Å². The topological polar surface area (TPSA) is 66.5 Å². The van der Waals surface area contributed by atoms with Crippen molar-refractivity contribution in [1.29, 1.82) is 0 Å². The normalized spacial score (nSPS) is 16.7. The largest absolute Gasteiger partial charge is 0.325 e. The molecule has 1 aliphatic rings. The lowest BCUT2D eigenvalue weighted by atomic mass is 10.3. The Morgan fingerprint density at radius 3 is 2.41 bits per heavy atom. The van der Waals surface area contributed by atoms with E-state index >= 15 is 0 Å². The molecule has 2 aromatic carbocycles. The summed E-state index contributed by atoms with van der Waals surface area (Å²) >= 11 is 16.4. The van der Waals surface area contributed by atoms with Crippen LogP contribution >= 0.6 is 50.9 Å². The van der Waals surface area contributed by atoms with Gasteiger partial charge in [-0.15, -0.1) is 11.8 Å². The zero-order chi connectivity index (χ0) is 19.6. The highest BCUT2D eigenvalue weighted by atomic mass is 79.9. The van der Waals surface area contributed by atoms with Gasteiger partial charge in [-0.05, 0) is 42.5 Å². The van der Waals surface area contributed by atoms with Crippen molar-refractivity contribution in [2.75, 3.05) is 16.0 Å². The van der Waals surface area contributed by atoms with E-state index in [1.807, 2.05) is 12.1 Å². The second kappa shape index (κ2) is 8.65. The number of halogens is 3. The van der Waals surface area contributed by atoms with E-state index in [2.05, 4.69) is 21.2 Å². The van der Waals surface area contributed by atoms with Gasteiger partial charge in [0.15, 0.2) is 0 Å². The Balaban J connectivity index is 1.61. The summed E-state index contributed by atoms with van der Waals surface area (Å²) in [7, 11) is 0. The average Bonchev–Trinajstić information content (AvgIpc) is 2.88. The first-order chi connectivity index (χ1) is 12.8. The first kappa shape index (κ1) is 20.2. The Kier molecular flexibility index (Phi) is 6.47. The molecule has 3 amide bonds. The quantitative estimate of drug-likeness (QED) is 0.617. The number of hydrogen-bond donors (Lipinski definition) is 1. The SMILES string of the molecule is O=C(CS[C@H]1CC(=O)N(c2cc(Cl)cc(Cl)c2)C1=O)Nc1ccc(Br)cc1. The van der Waals surface area contributed by atoms with E-state index in [0.29, 0.717) is 21.4 Å². The Morgan fingerprint density at radius 1 is 1.15 bits per heavy atom. The molecule has 9 heteroatoms. The fourth-order valence-corrected chi connectivity index (χ4v) is 4.29. The van der Waals surface area contributed by atoms with Gasteiger partial charge in [0.2, 0.25) is 17.7 Å². The Morgan fingerprint density at radius 2 is 1.78 bits per heavy atom. The first-order valence-corrected chi connectivity index (χ1v) is 10.4. The lowest BCUT2D eigenvalue weighted by Crippen LogP contribution is -2.31. The van der Waals surface area contributed by atoms with Gasteiger partial charge in [-0.25, -0.2) is 4.90 Å². The summed E-state index contributed by atoms with van der Waals surface area (Å²) in [5.41, 5.74) is 0.998. The summed E-state index contributed by atoms with van der Waals surface area (Å²) in [5.74, 6) is -0.903. The molecule has 1 saturated heterocycles. The van der Waals surface area contributed by atoms with Gasteiger partial charge in [-0.3, -0.25) is 14.4 Å². The van der Waals surface area contributed by atoms with Crippen molar-refractivity contribution in [1.82, 2.24) is 0 Å². The number of nitrogens with one attached hydrogen (secondary N) is 1. The average molecular weight is 488 g/mol. The Bertz CT molecular complexity index is 888. The molecular weight excluding hydrogens is 475 g/mol. The summed E-state index contributed by atoms with van der Waals surface area (Å²) in [4.78, 5) is 38.1. The predicted octanol–water partition coefficient (Wildman–Crippen LogP) is 4.76. The van der Waals surface area contributed by atoms with Crippen LogP contribution in [0.2, 0.25) is 10.0 Å². The Labute approximate surface area is 178 Å². The molecule has 1 N–H and O–H groups in total. The molecule has 1 fully saturated rings. The van der Waals surface area contributed by atoms with Crippen molar-refractivity contribution < 1.29 is 14.4 Å². The van der Waals surface area contributed by atoms with E-state index in [-0.39, 0.29) is 29.9 Å². The molecule has 1 atom stereocenters. The van der Waals surface area contributed by atoms with Crippen LogP contribution in [0.25, 0.3) is 0 Å². The maximum absolute atomic E-state index is 12.6. The number of benzene rings is 2. The first-order valence-electron chi connectivity index (χ1n) is 7.83. The summed E-state index contributed by atoms with van der Waals surface area (Å²) in [5, 5.41) is 2.80. The van der Waals surface area contributed by atoms with Crippen molar-refractivity contribution in [3.05, 3.63) is 57.0 Å². The molecule has 0 saturated carbocycles. The highest BCUT2D eigenvalue weighted by Gasteiger charge is 2.40. The van der Waals surface area contributed by atoms with Gasteiger partial charge in [0.05, 0.1) is 16.7 Å². The second-order valence-electron chi connectivity index (χ2n) is 5.75. The fourth-order valence-electron chi connectivity index (χ4n) is 2.58. The molecule has 0 radical (unpaired) electrons. The number of imide groups is 1. The van der Waals surface area contributed by atoms with Crippen molar-refractivity contribution in [2.24, 2.45) is 0 Å². The lowest BCUT2D eigenvalue weighted by molar-refractivity contribution is -0.121. The molecule has 27 heavy (non-hydrogen) atoms. The minimum Gasteiger partial charge on any atom is -0.325 e. The van der Waals surface area contributed by atoms with Gasteiger partial charge in [0.1, 0.15) is 0 Å². The van der Waals surface area contributed by atoms with Gasteiger partial charge in [-0.2, -0.15) is 0 Å².